The Morgan fingerprint density at radius 1 is 1.16 bits per heavy atom. The van der Waals surface area contributed by atoms with Crippen LogP contribution in [0.5, 0.6) is 5.75 Å². The predicted molar refractivity (Wildman–Crippen MR) is 120 cm³/mol. The van der Waals surface area contributed by atoms with E-state index in [0.717, 1.165) is 42.7 Å². The highest BCUT2D eigenvalue weighted by Crippen LogP contribution is 2.21. The van der Waals surface area contributed by atoms with Crippen LogP contribution in [0.3, 0.4) is 0 Å². The van der Waals surface area contributed by atoms with E-state index in [4.69, 9.17) is 14.2 Å². The third kappa shape index (κ3) is 6.94. The van der Waals surface area contributed by atoms with Crippen molar-refractivity contribution in [1.82, 2.24) is 10.6 Å². The monoisotopic (exact) mass is 429 g/mol. The third-order valence-electron chi connectivity index (χ3n) is 5.39. The lowest BCUT2D eigenvalue weighted by molar-refractivity contribution is -0.0390. The molecule has 6 nitrogen and oxygen atoms in total. The number of nitrogens with one attached hydrogen (secondary N) is 2. The van der Waals surface area contributed by atoms with Crippen molar-refractivity contribution in [3.8, 4) is 5.75 Å². The average Bonchev–Trinajstić information content (AvgIpc) is 2.81. The second-order valence-corrected chi connectivity index (χ2v) is 7.63. The first kappa shape index (κ1) is 23.0. The molecule has 0 aliphatic carbocycles. The van der Waals surface area contributed by atoms with Crippen molar-refractivity contribution in [2.45, 2.75) is 45.1 Å². The Kier molecular flexibility index (Phi) is 8.67. The number of aliphatic imine (C=N–C) groups is 1. The van der Waals surface area contributed by atoms with Gasteiger partial charge in [0.25, 0.3) is 0 Å². The molecular weight excluding hydrogens is 397 g/mol. The molecule has 1 aliphatic heterocycles. The molecule has 31 heavy (non-hydrogen) atoms. The number of halogens is 1. The van der Waals surface area contributed by atoms with Crippen LogP contribution in [0.25, 0.3) is 0 Å². The fraction of sp³-hybridized carbons (Fsp3) is 0.458. The van der Waals surface area contributed by atoms with E-state index in [1.807, 2.05) is 13.0 Å². The van der Waals surface area contributed by atoms with Crippen LogP contribution < -0.4 is 15.4 Å². The maximum absolute atomic E-state index is 14.0. The van der Waals surface area contributed by atoms with Crippen LogP contribution in [0.4, 0.5) is 4.39 Å². The number of methoxy groups -OCH3 is 1. The second-order valence-electron chi connectivity index (χ2n) is 7.63. The Hall–Kier alpha value is -2.64. The molecule has 7 heteroatoms. The zero-order valence-corrected chi connectivity index (χ0v) is 18.5. The summed E-state index contributed by atoms with van der Waals surface area (Å²) in [7, 11) is 3.17. The summed E-state index contributed by atoms with van der Waals surface area (Å²) in [5, 5.41) is 6.59. The fourth-order valence-corrected chi connectivity index (χ4v) is 3.43. The molecule has 0 radical (unpaired) electrons. The van der Waals surface area contributed by atoms with Crippen molar-refractivity contribution in [3.05, 3.63) is 65.0 Å². The molecule has 1 atom stereocenters. The molecule has 1 unspecified atom stereocenters. The summed E-state index contributed by atoms with van der Waals surface area (Å²) >= 11 is 0. The number of hydrogen-bond donors (Lipinski definition) is 2. The Balaban J connectivity index is 1.46. The summed E-state index contributed by atoms with van der Waals surface area (Å²) in [6, 6.07) is 13.2. The molecular formula is C24H32FN3O3. The van der Waals surface area contributed by atoms with Crippen LogP contribution in [0, 0.1) is 5.82 Å². The van der Waals surface area contributed by atoms with Gasteiger partial charge in [0.05, 0.1) is 25.9 Å². The Morgan fingerprint density at radius 3 is 2.52 bits per heavy atom. The van der Waals surface area contributed by atoms with Gasteiger partial charge in [-0.15, -0.1) is 0 Å². The summed E-state index contributed by atoms with van der Waals surface area (Å²) < 4.78 is 30.3. The molecule has 1 fully saturated rings. The minimum Gasteiger partial charge on any atom is -0.494 e. The van der Waals surface area contributed by atoms with E-state index >= 15 is 0 Å². The highest BCUT2D eigenvalue weighted by molar-refractivity contribution is 5.80. The van der Waals surface area contributed by atoms with Crippen molar-refractivity contribution in [2.24, 2.45) is 4.99 Å². The highest BCUT2D eigenvalue weighted by atomic mass is 19.1. The van der Waals surface area contributed by atoms with Crippen LogP contribution >= 0.6 is 0 Å². The topological polar surface area (TPSA) is 64.1 Å². The maximum Gasteiger partial charge on any atom is 0.191 e. The summed E-state index contributed by atoms with van der Waals surface area (Å²) in [5.74, 6) is 0.508. The second kappa shape index (κ2) is 11.7. The van der Waals surface area contributed by atoms with E-state index in [9.17, 15) is 4.39 Å². The summed E-state index contributed by atoms with van der Waals surface area (Å²) in [4.78, 5) is 4.27. The van der Waals surface area contributed by atoms with Gasteiger partial charge in [0.2, 0.25) is 0 Å². The van der Waals surface area contributed by atoms with Gasteiger partial charge >= 0.3 is 0 Å². The maximum atomic E-state index is 14.0. The molecule has 1 aliphatic rings. The number of nitrogens with zero attached hydrogens (tertiary/aromatic N) is 1. The molecule has 0 spiro atoms. The fourth-order valence-electron chi connectivity index (χ4n) is 3.43. The molecule has 1 saturated heterocycles. The van der Waals surface area contributed by atoms with Gasteiger partial charge in [-0.3, -0.25) is 4.99 Å². The van der Waals surface area contributed by atoms with Crippen LogP contribution in [0.2, 0.25) is 0 Å². The van der Waals surface area contributed by atoms with Crippen molar-refractivity contribution >= 4 is 5.96 Å². The van der Waals surface area contributed by atoms with Crippen molar-refractivity contribution in [1.29, 1.82) is 0 Å². The third-order valence-corrected chi connectivity index (χ3v) is 5.39. The van der Waals surface area contributed by atoms with E-state index in [1.165, 1.54) is 13.2 Å². The molecule has 2 N–H and O–H groups in total. The van der Waals surface area contributed by atoms with Crippen molar-refractivity contribution in [3.63, 3.8) is 0 Å². The number of ether oxygens (including phenoxy) is 3. The Bertz CT molecular complexity index is 852. The molecule has 2 aromatic carbocycles. The van der Waals surface area contributed by atoms with Crippen molar-refractivity contribution in [2.75, 3.05) is 27.4 Å². The predicted octanol–water partition coefficient (Wildman–Crippen LogP) is 3.96. The van der Waals surface area contributed by atoms with Gasteiger partial charge in [-0.1, -0.05) is 30.3 Å². The molecule has 0 aromatic heterocycles. The molecule has 0 amide bonds. The zero-order chi connectivity index (χ0) is 22.1. The molecule has 0 saturated carbocycles. The lowest BCUT2D eigenvalue weighted by Gasteiger charge is -2.22. The number of hydrogen-bond acceptors (Lipinski definition) is 4. The van der Waals surface area contributed by atoms with E-state index in [2.05, 4.69) is 39.9 Å². The lowest BCUT2D eigenvalue weighted by Crippen LogP contribution is -2.38. The van der Waals surface area contributed by atoms with Gasteiger partial charge in [0.1, 0.15) is 0 Å². The van der Waals surface area contributed by atoms with E-state index in [0.29, 0.717) is 25.2 Å². The van der Waals surface area contributed by atoms with Crippen LogP contribution in [0.15, 0.2) is 47.5 Å². The zero-order valence-electron chi connectivity index (χ0n) is 18.5. The van der Waals surface area contributed by atoms with Gasteiger partial charge in [0.15, 0.2) is 17.5 Å². The number of guanidine groups is 1. The van der Waals surface area contributed by atoms with E-state index in [1.54, 1.807) is 13.1 Å². The van der Waals surface area contributed by atoms with Crippen LogP contribution in [0.1, 0.15) is 42.5 Å². The van der Waals surface area contributed by atoms with E-state index < -0.39 is 0 Å². The standard InChI is InChI=1S/C24H32FN3O3/c1-17(20-8-9-23(29-3)22(25)14-20)28-24(26-2)27-15-18-4-6-19(7-5-18)16-31-21-10-12-30-13-11-21/h4-9,14,17,21H,10-13,15-16H2,1-3H3,(H2,26,27,28). The van der Waals surface area contributed by atoms with Crippen molar-refractivity contribution < 1.29 is 18.6 Å². The van der Waals surface area contributed by atoms with E-state index in [-0.39, 0.29) is 17.6 Å². The molecule has 0 bridgehead atoms. The quantitative estimate of drug-likeness (QED) is 0.491. The first-order valence-corrected chi connectivity index (χ1v) is 10.7. The first-order chi connectivity index (χ1) is 15.1. The van der Waals surface area contributed by atoms with Crippen LogP contribution in [-0.2, 0) is 22.6 Å². The number of rotatable bonds is 8. The smallest absolute Gasteiger partial charge is 0.191 e. The van der Waals surface area contributed by atoms with Gasteiger partial charge in [0, 0.05) is 26.8 Å². The summed E-state index contributed by atoms with van der Waals surface area (Å²) in [6.07, 6.45) is 2.23. The molecule has 1 heterocycles. The summed E-state index contributed by atoms with van der Waals surface area (Å²) in [5.41, 5.74) is 3.11. The Labute approximate surface area is 183 Å². The average molecular weight is 430 g/mol. The largest absolute Gasteiger partial charge is 0.494 e. The lowest BCUT2D eigenvalue weighted by atomic mass is 10.1. The summed E-state index contributed by atoms with van der Waals surface area (Å²) in [6.45, 7) is 4.79. The Morgan fingerprint density at radius 2 is 1.87 bits per heavy atom. The highest BCUT2D eigenvalue weighted by Gasteiger charge is 2.14. The van der Waals surface area contributed by atoms with Gasteiger partial charge in [-0.25, -0.2) is 4.39 Å². The first-order valence-electron chi connectivity index (χ1n) is 10.7. The minimum absolute atomic E-state index is 0.115. The van der Waals surface area contributed by atoms with Crippen LogP contribution in [-0.4, -0.2) is 39.4 Å². The molecule has 3 rings (SSSR count). The van der Waals surface area contributed by atoms with Gasteiger partial charge in [-0.05, 0) is 48.6 Å². The normalized spacial score (nSPS) is 16.1. The minimum atomic E-state index is -0.377. The molecule has 168 valence electrons. The number of benzene rings is 2. The molecule has 2 aromatic rings. The van der Waals surface area contributed by atoms with Gasteiger partial charge in [-0.2, -0.15) is 0 Å². The SMILES string of the molecule is CN=C(NCc1ccc(COC2CCOCC2)cc1)NC(C)c1ccc(OC)c(F)c1. The van der Waals surface area contributed by atoms with Gasteiger partial charge < -0.3 is 24.8 Å².